The maximum Gasteiger partial charge on any atom is 0.147 e. The average Bonchev–Trinajstić information content (AvgIpc) is 2.87. The van der Waals surface area contributed by atoms with Crippen LogP contribution < -0.4 is 5.32 Å². The summed E-state index contributed by atoms with van der Waals surface area (Å²) in [6.45, 7) is 3.42. The highest BCUT2D eigenvalue weighted by Crippen LogP contribution is 2.29. The Hall–Kier alpha value is -1.16. The standard InChI is InChI=1S/C14H19N3S/c1-10-2-4-11(5-3-10)8-15-14-13-12(6-7-18-13)16-9-17-14/h6-7,9-11H,2-5,8H2,1H3,(H,15,16,17). The minimum Gasteiger partial charge on any atom is -0.369 e. The fourth-order valence-electron chi connectivity index (χ4n) is 2.69. The topological polar surface area (TPSA) is 37.8 Å². The van der Waals surface area contributed by atoms with Gasteiger partial charge in [-0.25, -0.2) is 9.97 Å². The van der Waals surface area contributed by atoms with E-state index in [-0.39, 0.29) is 0 Å². The highest BCUT2D eigenvalue weighted by molar-refractivity contribution is 7.17. The second-order valence-corrected chi connectivity index (χ2v) is 6.28. The van der Waals surface area contributed by atoms with Crippen LogP contribution in [0, 0.1) is 11.8 Å². The lowest BCUT2D eigenvalue weighted by Crippen LogP contribution is -2.20. The highest BCUT2D eigenvalue weighted by atomic mass is 32.1. The predicted octanol–water partition coefficient (Wildman–Crippen LogP) is 3.93. The van der Waals surface area contributed by atoms with Crippen LogP contribution in [0.25, 0.3) is 10.2 Å². The van der Waals surface area contributed by atoms with Crippen LogP contribution >= 0.6 is 11.3 Å². The summed E-state index contributed by atoms with van der Waals surface area (Å²) in [7, 11) is 0. The minimum atomic E-state index is 0.811. The summed E-state index contributed by atoms with van der Waals surface area (Å²) in [6.07, 6.45) is 7.12. The fourth-order valence-corrected chi connectivity index (χ4v) is 3.50. The van der Waals surface area contributed by atoms with E-state index >= 15 is 0 Å². The lowest BCUT2D eigenvalue weighted by molar-refractivity contribution is 0.300. The summed E-state index contributed by atoms with van der Waals surface area (Å²) in [5.74, 6) is 2.74. The molecular formula is C14H19N3S. The second-order valence-electron chi connectivity index (χ2n) is 5.36. The Kier molecular flexibility index (Phi) is 3.46. The number of nitrogens with zero attached hydrogens (tertiary/aromatic N) is 2. The zero-order valence-corrected chi connectivity index (χ0v) is 11.5. The summed E-state index contributed by atoms with van der Waals surface area (Å²) < 4.78 is 1.18. The second kappa shape index (κ2) is 5.22. The third-order valence-corrected chi connectivity index (χ3v) is 4.85. The van der Waals surface area contributed by atoms with Crippen molar-refractivity contribution < 1.29 is 0 Å². The zero-order chi connectivity index (χ0) is 12.4. The van der Waals surface area contributed by atoms with E-state index in [1.54, 1.807) is 17.7 Å². The number of rotatable bonds is 3. The molecule has 0 aromatic carbocycles. The molecule has 0 radical (unpaired) electrons. The summed E-state index contributed by atoms with van der Waals surface area (Å²) in [6, 6.07) is 2.05. The first-order valence-corrected chi connectivity index (χ1v) is 7.63. The van der Waals surface area contributed by atoms with Crippen LogP contribution in [0.5, 0.6) is 0 Å². The molecule has 1 N–H and O–H groups in total. The normalized spacial score (nSPS) is 24.3. The quantitative estimate of drug-likeness (QED) is 0.909. The summed E-state index contributed by atoms with van der Waals surface area (Å²) in [4.78, 5) is 8.63. The van der Waals surface area contributed by atoms with Gasteiger partial charge in [0.2, 0.25) is 0 Å². The molecule has 1 aliphatic carbocycles. The Morgan fingerprint density at radius 3 is 2.94 bits per heavy atom. The van der Waals surface area contributed by atoms with Gasteiger partial charge in [-0.05, 0) is 36.1 Å². The zero-order valence-electron chi connectivity index (χ0n) is 10.7. The molecule has 96 valence electrons. The number of hydrogen-bond acceptors (Lipinski definition) is 4. The minimum absolute atomic E-state index is 0.811. The van der Waals surface area contributed by atoms with E-state index in [2.05, 4.69) is 33.7 Å². The molecule has 0 bridgehead atoms. The van der Waals surface area contributed by atoms with Crippen molar-refractivity contribution >= 4 is 27.4 Å². The maximum atomic E-state index is 4.37. The third-order valence-electron chi connectivity index (χ3n) is 3.94. The van der Waals surface area contributed by atoms with Crippen LogP contribution in [0.2, 0.25) is 0 Å². The molecule has 1 aliphatic rings. The molecule has 1 fully saturated rings. The van der Waals surface area contributed by atoms with Crippen LogP contribution in [0.1, 0.15) is 32.6 Å². The molecule has 3 rings (SSSR count). The van der Waals surface area contributed by atoms with Gasteiger partial charge in [-0.15, -0.1) is 11.3 Å². The van der Waals surface area contributed by atoms with E-state index in [9.17, 15) is 0 Å². The average molecular weight is 261 g/mol. The number of fused-ring (bicyclic) bond motifs is 1. The van der Waals surface area contributed by atoms with Gasteiger partial charge in [-0.2, -0.15) is 0 Å². The molecule has 2 heterocycles. The van der Waals surface area contributed by atoms with Gasteiger partial charge in [-0.3, -0.25) is 0 Å². The van der Waals surface area contributed by atoms with Crippen LogP contribution in [-0.4, -0.2) is 16.5 Å². The molecule has 18 heavy (non-hydrogen) atoms. The monoisotopic (exact) mass is 261 g/mol. The van der Waals surface area contributed by atoms with E-state index in [0.29, 0.717) is 0 Å². The van der Waals surface area contributed by atoms with E-state index in [4.69, 9.17) is 0 Å². The molecule has 3 nitrogen and oxygen atoms in total. The fraction of sp³-hybridized carbons (Fsp3) is 0.571. The lowest BCUT2D eigenvalue weighted by atomic mass is 9.83. The Morgan fingerprint density at radius 2 is 2.11 bits per heavy atom. The van der Waals surface area contributed by atoms with E-state index in [1.807, 2.05) is 0 Å². The van der Waals surface area contributed by atoms with Gasteiger partial charge >= 0.3 is 0 Å². The van der Waals surface area contributed by atoms with Gasteiger partial charge in [0.1, 0.15) is 12.1 Å². The molecule has 0 amide bonds. The van der Waals surface area contributed by atoms with Crippen molar-refractivity contribution in [2.45, 2.75) is 32.6 Å². The molecule has 2 aromatic rings. The van der Waals surface area contributed by atoms with Crippen LogP contribution in [-0.2, 0) is 0 Å². The third kappa shape index (κ3) is 2.48. The van der Waals surface area contributed by atoms with Crippen LogP contribution in [0.15, 0.2) is 17.8 Å². The van der Waals surface area contributed by atoms with Gasteiger partial charge in [0, 0.05) is 6.54 Å². The summed E-state index contributed by atoms with van der Waals surface area (Å²) in [5, 5.41) is 5.59. The molecule has 1 saturated carbocycles. The largest absolute Gasteiger partial charge is 0.369 e. The van der Waals surface area contributed by atoms with Gasteiger partial charge in [0.25, 0.3) is 0 Å². The van der Waals surface area contributed by atoms with E-state index < -0.39 is 0 Å². The van der Waals surface area contributed by atoms with Crippen LogP contribution in [0.4, 0.5) is 5.82 Å². The van der Waals surface area contributed by atoms with Gasteiger partial charge in [-0.1, -0.05) is 19.8 Å². The van der Waals surface area contributed by atoms with Crippen LogP contribution in [0.3, 0.4) is 0 Å². The Labute approximate surface area is 112 Å². The van der Waals surface area contributed by atoms with Gasteiger partial charge in [0.15, 0.2) is 0 Å². The van der Waals surface area contributed by atoms with Gasteiger partial charge < -0.3 is 5.32 Å². The van der Waals surface area contributed by atoms with E-state index in [0.717, 1.165) is 29.7 Å². The number of aromatic nitrogens is 2. The first kappa shape index (κ1) is 11.9. The number of thiophene rings is 1. The Balaban J connectivity index is 1.64. The summed E-state index contributed by atoms with van der Waals surface area (Å²) >= 11 is 1.71. The van der Waals surface area contributed by atoms with Crippen molar-refractivity contribution in [3.8, 4) is 0 Å². The molecular weight excluding hydrogens is 242 g/mol. The van der Waals surface area contributed by atoms with Crippen molar-refractivity contribution in [3.63, 3.8) is 0 Å². The maximum absolute atomic E-state index is 4.37. The number of anilines is 1. The van der Waals surface area contributed by atoms with E-state index in [1.165, 1.54) is 30.4 Å². The first-order chi connectivity index (χ1) is 8.83. The first-order valence-electron chi connectivity index (χ1n) is 6.75. The Bertz CT molecular complexity index is 514. The molecule has 0 unspecified atom stereocenters. The smallest absolute Gasteiger partial charge is 0.147 e. The van der Waals surface area contributed by atoms with Crippen molar-refractivity contribution in [3.05, 3.63) is 17.8 Å². The molecule has 4 heteroatoms. The highest BCUT2D eigenvalue weighted by Gasteiger charge is 2.18. The molecule has 0 aliphatic heterocycles. The molecule has 0 saturated heterocycles. The number of nitrogens with one attached hydrogen (secondary N) is 1. The van der Waals surface area contributed by atoms with Gasteiger partial charge in [0.05, 0.1) is 10.2 Å². The predicted molar refractivity (Wildman–Crippen MR) is 77.0 cm³/mol. The van der Waals surface area contributed by atoms with Crippen molar-refractivity contribution in [2.75, 3.05) is 11.9 Å². The molecule has 0 spiro atoms. The Morgan fingerprint density at radius 1 is 1.28 bits per heavy atom. The molecule has 0 atom stereocenters. The van der Waals surface area contributed by atoms with Crippen molar-refractivity contribution in [2.24, 2.45) is 11.8 Å². The SMILES string of the molecule is CC1CCC(CNc2ncnc3ccsc23)CC1. The number of hydrogen-bond donors (Lipinski definition) is 1. The van der Waals surface area contributed by atoms with Crippen molar-refractivity contribution in [1.82, 2.24) is 9.97 Å². The molecule has 2 aromatic heterocycles. The van der Waals surface area contributed by atoms with Crippen molar-refractivity contribution in [1.29, 1.82) is 0 Å². The lowest BCUT2D eigenvalue weighted by Gasteiger charge is -2.26. The summed E-state index contributed by atoms with van der Waals surface area (Å²) in [5.41, 5.74) is 1.05.